The van der Waals surface area contributed by atoms with Gasteiger partial charge in [-0.05, 0) is 24.3 Å². The first-order chi connectivity index (χ1) is 8.72. The van der Waals surface area contributed by atoms with Gasteiger partial charge in [-0.2, -0.15) is 5.26 Å². The Kier molecular flexibility index (Phi) is 3.39. The first-order valence-electron chi connectivity index (χ1n) is 5.19. The minimum atomic E-state index is -0.440. The molecule has 18 heavy (non-hydrogen) atoms. The first kappa shape index (κ1) is 11.9. The Morgan fingerprint density at radius 1 is 1.33 bits per heavy atom. The van der Waals surface area contributed by atoms with Crippen molar-refractivity contribution in [2.24, 2.45) is 0 Å². The standard InChI is InChI=1S/C13H10FN3O/c1-18-13-5-3-11(8-16-13)17-12-4-2-10(14)6-9(12)7-15/h2-6,8,17H,1H3. The van der Waals surface area contributed by atoms with Gasteiger partial charge in [0.25, 0.3) is 0 Å². The van der Waals surface area contributed by atoms with Crippen LogP contribution in [0.1, 0.15) is 5.56 Å². The molecule has 1 heterocycles. The number of nitrogens with zero attached hydrogens (tertiary/aromatic N) is 2. The molecule has 0 atom stereocenters. The Bertz CT molecular complexity index is 590. The maximum Gasteiger partial charge on any atom is 0.213 e. The van der Waals surface area contributed by atoms with E-state index < -0.39 is 5.82 Å². The quantitative estimate of drug-likeness (QED) is 0.900. The topological polar surface area (TPSA) is 57.9 Å². The highest BCUT2D eigenvalue weighted by molar-refractivity contribution is 5.66. The average Bonchev–Trinajstić information content (AvgIpc) is 2.41. The summed E-state index contributed by atoms with van der Waals surface area (Å²) in [5, 5.41) is 11.9. The van der Waals surface area contributed by atoms with Gasteiger partial charge in [-0.3, -0.25) is 0 Å². The van der Waals surface area contributed by atoms with E-state index >= 15 is 0 Å². The van der Waals surface area contributed by atoms with Crippen LogP contribution < -0.4 is 10.1 Å². The molecule has 0 spiro atoms. The van der Waals surface area contributed by atoms with E-state index in [1.54, 1.807) is 18.3 Å². The van der Waals surface area contributed by atoms with Crippen LogP contribution in [0.4, 0.5) is 15.8 Å². The predicted molar refractivity (Wildman–Crippen MR) is 65.2 cm³/mol. The van der Waals surface area contributed by atoms with E-state index in [9.17, 15) is 4.39 Å². The molecule has 1 N–H and O–H groups in total. The first-order valence-corrected chi connectivity index (χ1v) is 5.19. The van der Waals surface area contributed by atoms with Crippen molar-refractivity contribution in [3.63, 3.8) is 0 Å². The lowest BCUT2D eigenvalue weighted by atomic mass is 10.2. The molecule has 90 valence electrons. The summed E-state index contributed by atoms with van der Waals surface area (Å²) in [7, 11) is 1.53. The van der Waals surface area contributed by atoms with Crippen molar-refractivity contribution >= 4 is 11.4 Å². The van der Waals surface area contributed by atoms with Crippen LogP contribution in [0.3, 0.4) is 0 Å². The van der Waals surface area contributed by atoms with Crippen LogP contribution in [0.15, 0.2) is 36.5 Å². The number of aromatic nitrogens is 1. The van der Waals surface area contributed by atoms with Crippen LogP contribution in [0.25, 0.3) is 0 Å². The Morgan fingerprint density at radius 3 is 2.78 bits per heavy atom. The molecule has 0 saturated carbocycles. The van der Waals surface area contributed by atoms with Crippen LogP contribution in [-0.4, -0.2) is 12.1 Å². The average molecular weight is 243 g/mol. The highest BCUT2D eigenvalue weighted by Gasteiger charge is 2.04. The molecule has 0 saturated heterocycles. The zero-order valence-corrected chi connectivity index (χ0v) is 9.64. The van der Waals surface area contributed by atoms with Crippen LogP contribution in [0, 0.1) is 17.1 Å². The largest absolute Gasteiger partial charge is 0.481 e. The number of halogens is 1. The Morgan fingerprint density at radius 2 is 2.17 bits per heavy atom. The van der Waals surface area contributed by atoms with Crippen molar-refractivity contribution < 1.29 is 9.13 Å². The number of nitrogens with one attached hydrogen (secondary N) is 1. The highest BCUT2D eigenvalue weighted by atomic mass is 19.1. The molecular formula is C13H10FN3O. The van der Waals surface area contributed by atoms with Gasteiger partial charge in [0.05, 0.1) is 30.2 Å². The lowest BCUT2D eigenvalue weighted by Crippen LogP contribution is -1.95. The van der Waals surface area contributed by atoms with Crippen molar-refractivity contribution in [3.8, 4) is 11.9 Å². The molecule has 0 fully saturated rings. The van der Waals surface area contributed by atoms with Crippen molar-refractivity contribution in [1.82, 2.24) is 4.98 Å². The van der Waals surface area contributed by atoms with Crippen LogP contribution in [0.2, 0.25) is 0 Å². The van der Waals surface area contributed by atoms with Gasteiger partial charge < -0.3 is 10.1 Å². The van der Waals surface area contributed by atoms with Gasteiger partial charge in [0.2, 0.25) is 5.88 Å². The molecule has 0 radical (unpaired) electrons. The Hall–Kier alpha value is -2.61. The van der Waals surface area contributed by atoms with E-state index in [1.807, 2.05) is 6.07 Å². The van der Waals surface area contributed by atoms with Gasteiger partial charge in [-0.25, -0.2) is 9.37 Å². The normalized spacial score (nSPS) is 9.61. The summed E-state index contributed by atoms with van der Waals surface area (Å²) in [6, 6.07) is 9.37. The second-order valence-corrected chi connectivity index (χ2v) is 3.52. The van der Waals surface area contributed by atoms with Gasteiger partial charge in [-0.1, -0.05) is 0 Å². The third kappa shape index (κ3) is 2.55. The predicted octanol–water partition coefficient (Wildman–Crippen LogP) is 2.84. The van der Waals surface area contributed by atoms with E-state index in [2.05, 4.69) is 10.3 Å². The zero-order chi connectivity index (χ0) is 13.0. The third-order valence-electron chi connectivity index (χ3n) is 2.33. The third-order valence-corrected chi connectivity index (χ3v) is 2.33. The second kappa shape index (κ2) is 5.15. The molecule has 2 aromatic rings. The molecule has 4 nitrogen and oxygen atoms in total. The summed E-state index contributed by atoms with van der Waals surface area (Å²) >= 11 is 0. The summed E-state index contributed by atoms with van der Waals surface area (Å²) in [6.07, 6.45) is 1.57. The molecule has 0 aliphatic rings. The molecule has 0 bridgehead atoms. The number of rotatable bonds is 3. The van der Waals surface area contributed by atoms with E-state index in [1.165, 1.54) is 25.3 Å². The number of hydrogen-bond acceptors (Lipinski definition) is 4. The maximum absolute atomic E-state index is 13.0. The van der Waals surface area contributed by atoms with Gasteiger partial charge >= 0.3 is 0 Å². The second-order valence-electron chi connectivity index (χ2n) is 3.52. The maximum atomic E-state index is 13.0. The fourth-order valence-corrected chi connectivity index (χ4v) is 1.45. The Balaban J connectivity index is 2.25. The molecule has 0 amide bonds. The van der Waals surface area contributed by atoms with Gasteiger partial charge in [0, 0.05) is 6.07 Å². The monoisotopic (exact) mass is 243 g/mol. The van der Waals surface area contributed by atoms with Crippen LogP contribution >= 0.6 is 0 Å². The highest BCUT2D eigenvalue weighted by Crippen LogP contribution is 2.21. The van der Waals surface area contributed by atoms with Crippen molar-refractivity contribution in [3.05, 3.63) is 47.9 Å². The summed E-state index contributed by atoms with van der Waals surface area (Å²) < 4.78 is 17.9. The summed E-state index contributed by atoms with van der Waals surface area (Å²) in [5.74, 6) is 0.0603. The number of nitriles is 1. The zero-order valence-electron chi connectivity index (χ0n) is 9.64. The number of methoxy groups -OCH3 is 1. The molecule has 1 aromatic heterocycles. The fraction of sp³-hybridized carbons (Fsp3) is 0.0769. The fourth-order valence-electron chi connectivity index (χ4n) is 1.45. The smallest absolute Gasteiger partial charge is 0.213 e. The molecule has 2 rings (SSSR count). The van der Waals surface area contributed by atoms with Crippen molar-refractivity contribution in [1.29, 1.82) is 5.26 Å². The lowest BCUT2D eigenvalue weighted by molar-refractivity contribution is 0.398. The van der Waals surface area contributed by atoms with E-state index in [0.29, 0.717) is 17.3 Å². The number of pyridine rings is 1. The van der Waals surface area contributed by atoms with Gasteiger partial charge in [-0.15, -0.1) is 0 Å². The number of benzene rings is 1. The molecule has 0 aliphatic heterocycles. The van der Waals surface area contributed by atoms with Gasteiger partial charge in [0.15, 0.2) is 0 Å². The van der Waals surface area contributed by atoms with E-state index in [-0.39, 0.29) is 5.56 Å². The SMILES string of the molecule is COc1ccc(Nc2ccc(F)cc2C#N)cn1. The van der Waals surface area contributed by atoms with E-state index in [0.717, 1.165) is 0 Å². The lowest BCUT2D eigenvalue weighted by Gasteiger charge is -2.08. The van der Waals surface area contributed by atoms with Crippen LogP contribution in [0.5, 0.6) is 5.88 Å². The minimum absolute atomic E-state index is 0.241. The molecule has 1 aromatic carbocycles. The number of ether oxygens (including phenoxy) is 1. The minimum Gasteiger partial charge on any atom is -0.481 e. The Labute approximate surface area is 104 Å². The van der Waals surface area contributed by atoms with Gasteiger partial charge in [0.1, 0.15) is 11.9 Å². The summed E-state index contributed by atoms with van der Waals surface area (Å²) in [4.78, 5) is 4.02. The number of hydrogen-bond donors (Lipinski definition) is 1. The summed E-state index contributed by atoms with van der Waals surface area (Å²) in [6.45, 7) is 0. The molecular weight excluding hydrogens is 233 g/mol. The van der Waals surface area contributed by atoms with E-state index in [4.69, 9.17) is 10.00 Å². The number of anilines is 2. The van der Waals surface area contributed by atoms with Crippen molar-refractivity contribution in [2.75, 3.05) is 12.4 Å². The van der Waals surface area contributed by atoms with Crippen LogP contribution in [-0.2, 0) is 0 Å². The molecule has 0 aliphatic carbocycles. The molecule has 5 heteroatoms. The van der Waals surface area contributed by atoms with Crippen molar-refractivity contribution in [2.45, 2.75) is 0 Å². The summed E-state index contributed by atoms with van der Waals surface area (Å²) in [5.41, 5.74) is 1.47. The molecule has 0 unspecified atom stereocenters.